The summed E-state index contributed by atoms with van der Waals surface area (Å²) in [6.45, 7) is 5.62. The van der Waals surface area contributed by atoms with Crippen LogP contribution in [0.3, 0.4) is 0 Å². The average molecular weight is 293 g/mol. The molecule has 2 heterocycles. The molecule has 2 aliphatic heterocycles. The Labute approximate surface area is 124 Å². The first-order chi connectivity index (χ1) is 9.58. The number of ketones is 1. The fourth-order valence-electron chi connectivity index (χ4n) is 5.00. The van der Waals surface area contributed by atoms with Crippen LogP contribution < -0.4 is 0 Å². The summed E-state index contributed by atoms with van der Waals surface area (Å²) in [5, 5.41) is 20.5. The molecule has 21 heavy (non-hydrogen) atoms. The van der Waals surface area contributed by atoms with Crippen molar-refractivity contribution in [1.29, 1.82) is 0 Å². The summed E-state index contributed by atoms with van der Waals surface area (Å²) >= 11 is 0. The quantitative estimate of drug-likeness (QED) is 0.717. The van der Waals surface area contributed by atoms with Gasteiger partial charge in [-0.15, -0.1) is 0 Å². The van der Waals surface area contributed by atoms with Crippen molar-refractivity contribution in [1.82, 2.24) is 4.90 Å². The van der Waals surface area contributed by atoms with Crippen LogP contribution in [0.25, 0.3) is 0 Å². The number of Topliss-reactive ketones (excluding diaryl/α,β-unsaturated/α-hetero) is 1. The number of aliphatic hydroxyl groups is 1. The summed E-state index contributed by atoms with van der Waals surface area (Å²) in [6.07, 6.45) is 2.20. The highest BCUT2D eigenvalue weighted by Crippen LogP contribution is 2.66. The molecule has 5 heteroatoms. The summed E-state index contributed by atoms with van der Waals surface area (Å²) in [5.41, 5.74) is -1.29. The van der Waals surface area contributed by atoms with Crippen LogP contribution in [0.15, 0.2) is 11.1 Å². The van der Waals surface area contributed by atoms with Crippen LogP contribution in [0.2, 0.25) is 0 Å². The molecular weight excluding hydrogens is 270 g/mol. The Morgan fingerprint density at radius 3 is 2.57 bits per heavy atom. The molecule has 5 nitrogen and oxygen atoms in total. The van der Waals surface area contributed by atoms with E-state index >= 15 is 0 Å². The Bertz CT molecular complexity index is 583. The molecular formula is C16H23NO4. The third kappa shape index (κ3) is 1.48. The van der Waals surface area contributed by atoms with Crippen molar-refractivity contribution in [2.75, 3.05) is 7.05 Å². The Morgan fingerprint density at radius 1 is 1.38 bits per heavy atom. The maximum atomic E-state index is 12.5. The van der Waals surface area contributed by atoms with E-state index in [4.69, 9.17) is 0 Å². The molecule has 2 saturated heterocycles. The lowest BCUT2D eigenvalue weighted by Crippen LogP contribution is -2.63. The molecule has 0 amide bonds. The number of hydrogen-bond acceptors (Lipinski definition) is 4. The van der Waals surface area contributed by atoms with Gasteiger partial charge in [0.25, 0.3) is 0 Å². The SMILES string of the molecule is C/C(C(=O)O)=C1/C[C@@H]2N(C)[C@@]1(O)C[C@]1(C)C(=O)CC[C@]21C. The number of hydrogen-bond donors (Lipinski definition) is 2. The van der Waals surface area contributed by atoms with Gasteiger partial charge in [0.2, 0.25) is 0 Å². The van der Waals surface area contributed by atoms with Crippen molar-refractivity contribution in [2.24, 2.45) is 10.8 Å². The van der Waals surface area contributed by atoms with Gasteiger partial charge >= 0.3 is 5.97 Å². The van der Waals surface area contributed by atoms with Gasteiger partial charge in [-0.25, -0.2) is 4.79 Å². The third-order valence-corrected chi connectivity index (χ3v) is 6.79. The van der Waals surface area contributed by atoms with Crippen molar-refractivity contribution in [3.8, 4) is 0 Å². The highest BCUT2D eigenvalue weighted by Gasteiger charge is 2.70. The summed E-state index contributed by atoms with van der Waals surface area (Å²) in [4.78, 5) is 25.7. The first-order valence-electron chi connectivity index (χ1n) is 7.50. The molecule has 2 bridgehead atoms. The number of aliphatic carboxylic acids is 1. The van der Waals surface area contributed by atoms with Crippen molar-refractivity contribution >= 4 is 11.8 Å². The number of piperidine rings is 1. The second-order valence-corrected chi connectivity index (χ2v) is 7.41. The minimum Gasteiger partial charge on any atom is -0.478 e. The molecule has 0 aromatic rings. The number of fused-ring (bicyclic) bond motifs is 4. The van der Waals surface area contributed by atoms with E-state index < -0.39 is 17.1 Å². The monoisotopic (exact) mass is 293 g/mol. The highest BCUT2D eigenvalue weighted by molar-refractivity contribution is 5.90. The highest BCUT2D eigenvalue weighted by atomic mass is 16.4. The first-order valence-corrected chi connectivity index (χ1v) is 7.50. The molecule has 0 aromatic carbocycles. The Balaban J connectivity index is 2.19. The number of nitrogens with zero attached hydrogens (tertiary/aromatic N) is 1. The molecule has 1 saturated carbocycles. The van der Waals surface area contributed by atoms with Crippen LogP contribution in [0.1, 0.15) is 46.5 Å². The van der Waals surface area contributed by atoms with Crippen molar-refractivity contribution < 1.29 is 19.8 Å². The van der Waals surface area contributed by atoms with Gasteiger partial charge in [0, 0.05) is 29.9 Å². The zero-order valence-electron chi connectivity index (χ0n) is 13.1. The molecule has 3 fully saturated rings. The Morgan fingerprint density at radius 2 is 2.00 bits per heavy atom. The van der Waals surface area contributed by atoms with Crippen LogP contribution in [0, 0.1) is 10.8 Å². The molecule has 3 aliphatic rings. The standard InChI is InChI=1S/C16H23NO4/c1-9(13(19)20)10-7-11-14(2)6-5-12(18)15(14,3)8-16(10,21)17(11)4/h11,21H,5-8H2,1-4H3,(H,19,20)/b10-9+/t11-,14+,15+,16+/m0/s1. The number of likely N-dealkylation sites (N-methyl/N-ethyl adjacent to an activating group) is 1. The normalized spacial score (nSPS) is 48.4. The van der Waals surface area contributed by atoms with Crippen LogP contribution in [-0.4, -0.2) is 45.7 Å². The van der Waals surface area contributed by atoms with Gasteiger partial charge in [-0.1, -0.05) is 13.8 Å². The number of carbonyl (C=O) groups is 2. The van der Waals surface area contributed by atoms with Gasteiger partial charge in [0.05, 0.1) is 0 Å². The van der Waals surface area contributed by atoms with Gasteiger partial charge in [-0.05, 0) is 37.8 Å². The molecule has 116 valence electrons. The van der Waals surface area contributed by atoms with Gasteiger partial charge in [0.1, 0.15) is 11.5 Å². The van der Waals surface area contributed by atoms with E-state index in [2.05, 4.69) is 6.92 Å². The molecule has 0 radical (unpaired) electrons. The minimum atomic E-state index is -1.30. The Hall–Kier alpha value is -1.20. The largest absolute Gasteiger partial charge is 0.478 e. The summed E-state index contributed by atoms with van der Waals surface area (Å²) < 4.78 is 0. The summed E-state index contributed by atoms with van der Waals surface area (Å²) in [5.74, 6) is -0.790. The summed E-state index contributed by atoms with van der Waals surface area (Å²) in [6, 6.07) is 0.0111. The molecule has 1 aliphatic carbocycles. The smallest absolute Gasteiger partial charge is 0.331 e. The van der Waals surface area contributed by atoms with E-state index in [1.165, 1.54) is 0 Å². The van der Waals surface area contributed by atoms with Gasteiger partial charge < -0.3 is 10.2 Å². The fourth-order valence-corrected chi connectivity index (χ4v) is 5.00. The first kappa shape index (κ1) is 14.7. The maximum Gasteiger partial charge on any atom is 0.331 e. The zero-order chi connectivity index (χ0) is 15.8. The molecule has 0 aromatic heterocycles. The van der Waals surface area contributed by atoms with E-state index in [1.807, 2.05) is 18.9 Å². The number of carboxylic acid groups (broad SMARTS) is 1. The van der Waals surface area contributed by atoms with Crippen molar-refractivity contribution in [3.63, 3.8) is 0 Å². The molecule has 0 unspecified atom stereocenters. The van der Waals surface area contributed by atoms with Gasteiger partial charge in [-0.2, -0.15) is 0 Å². The van der Waals surface area contributed by atoms with Gasteiger partial charge in [-0.3, -0.25) is 9.69 Å². The number of carboxylic acids is 1. The second-order valence-electron chi connectivity index (χ2n) is 7.41. The predicted octanol–water partition coefficient (Wildman–Crippen LogP) is 1.56. The minimum absolute atomic E-state index is 0.0111. The molecule has 2 N–H and O–H groups in total. The van der Waals surface area contributed by atoms with Crippen LogP contribution in [-0.2, 0) is 9.59 Å². The van der Waals surface area contributed by atoms with Crippen molar-refractivity contribution in [3.05, 3.63) is 11.1 Å². The fraction of sp³-hybridized carbons (Fsp3) is 0.750. The lowest BCUT2D eigenvalue weighted by Gasteiger charge is -2.55. The third-order valence-electron chi connectivity index (χ3n) is 6.79. The predicted molar refractivity (Wildman–Crippen MR) is 76.5 cm³/mol. The lowest BCUT2D eigenvalue weighted by molar-refractivity contribution is -0.177. The van der Waals surface area contributed by atoms with Crippen LogP contribution >= 0.6 is 0 Å². The van der Waals surface area contributed by atoms with Crippen molar-refractivity contribution in [2.45, 2.75) is 58.2 Å². The topological polar surface area (TPSA) is 77.8 Å². The van der Waals surface area contributed by atoms with E-state index in [9.17, 15) is 19.8 Å². The number of carbonyl (C=O) groups excluding carboxylic acids is 1. The lowest BCUT2D eigenvalue weighted by atomic mass is 9.59. The van der Waals surface area contributed by atoms with E-state index in [0.717, 1.165) is 6.42 Å². The maximum absolute atomic E-state index is 12.5. The van der Waals surface area contributed by atoms with E-state index in [1.54, 1.807) is 6.92 Å². The van der Waals surface area contributed by atoms with Crippen LogP contribution in [0.5, 0.6) is 0 Å². The second kappa shape index (κ2) is 3.96. The van der Waals surface area contributed by atoms with Gasteiger partial charge in [0.15, 0.2) is 0 Å². The molecule has 0 spiro atoms. The summed E-state index contributed by atoms with van der Waals surface area (Å²) in [7, 11) is 1.85. The zero-order valence-corrected chi connectivity index (χ0v) is 13.1. The number of rotatable bonds is 1. The van der Waals surface area contributed by atoms with E-state index in [0.29, 0.717) is 24.8 Å². The molecule has 3 rings (SSSR count). The van der Waals surface area contributed by atoms with Crippen LogP contribution in [0.4, 0.5) is 0 Å². The Kier molecular flexibility index (Phi) is 2.77. The molecule has 4 atom stereocenters. The average Bonchev–Trinajstić information content (AvgIpc) is 2.75. The van der Waals surface area contributed by atoms with E-state index in [-0.39, 0.29) is 22.8 Å².